The van der Waals surface area contributed by atoms with Gasteiger partial charge in [-0.2, -0.15) is 0 Å². The van der Waals surface area contributed by atoms with Crippen molar-refractivity contribution in [3.05, 3.63) is 140 Å². The molecule has 0 N–H and O–H groups in total. The third kappa shape index (κ3) is 11.8. The number of carbonyl (C=O) groups excluding carboxylic acids is 1. The van der Waals surface area contributed by atoms with Gasteiger partial charge >= 0.3 is 5.97 Å². The minimum absolute atomic E-state index is 0. The zero-order valence-corrected chi connectivity index (χ0v) is 38.3. The van der Waals surface area contributed by atoms with Gasteiger partial charge in [-0.15, -0.1) is 8.67 Å². The number of esters is 1. The lowest BCUT2D eigenvalue weighted by Crippen LogP contribution is -2.32. The number of fused-ring (bicyclic) bond motifs is 4. The first-order chi connectivity index (χ1) is 29.3. The fraction of sp³-hybridized carbons (Fsp3) is 0.370. The Balaban J connectivity index is 0.000000204. The predicted molar refractivity (Wildman–Crippen MR) is 252 cm³/mol. The van der Waals surface area contributed by atoms with E-state index in [9.17, 15) is 4.79 Å². The fourth-order valence-corrected chi connectivity index (χ4v) is 10.5. The normalized spacial score (nSPS) is 19.4. The molecule has 4 aliphatic rings. The second kappa shape index (κ2) is 23.0. The zero-order valence-electron chi connectivity index (χ0n) is 33.6. The summed E-state index contributed by atoms with van der Waals surface area (Å²) in [6.45, 7) is 5.83. The summed E-state index contributed by atoms with van der Waals surface area (Å²) in [7, 11) is 3.04. The molecule has 0 amide bonds. The molecule has 61 heavy (non-hydrogen) atoms. The monoisotopic (exact) mass is 968 g/mol. The Hall–Kier alpha value is -3.05. The Morgan fingerprint density at radius 3 is 1.77 bits per heavy atom. The average Bonchev–Trinajstić information content (AvgIpc) is 3.48. The van der Waals surface area contributed by atoms with E-state index < -0.39 is 0 Å². The summed E-state index contributed by atoms with van der Waals surface area (Å²) >= 11 is 19.0. The number of piperidine rings is 2. The summed E-state index contributed by atoms with van der Waals surface area (Å²) in [5.74, 6) is 0.910. The summed E-state index contributed by atoms with van der Waals surface area (Å²) in [5.41, 5.74) is 9.98. The van der Waals surface area contributed by atoms with Crippen LogP contribution in [-0.4, -0.2) is 71.6 Å². The van der Waals surface area contributed by atoms with Gasteiger partial charge in [0.1, 0.15) is 24.5 Å². The Bertz CT molecular complexity index is 2210. The van der Waals surface area contributed by atoms with Crippen molar-refractivity contribution in [3.8, 4) is 0 Å². The van der Waals surface area contributed by atoms with Crippen molar-refractivity contribution in [2.75, 3.05) is 47.0 Å². The largest absolute Gasteiger partial charge is 0.463 e. The van der Waals surface area contributed by atoms with Crippen molar-refractivity contribution in [2.24, 2.45) is 11.8 Å². The zero-order chi connectivity index (χ0) is 42.0. The molecular weight excluding hydrogens is 919 g/mol. The van der Waals surface area contributed by atoms with E-state index in [1.54, 1.807) is 6.92 Å². The van der Waals surface area contributed by atoms with E-state index in [2.05, 4.69) is 67.0 Å². The number of hydrogen-bond acceptors (Lipinski definition) is 12. The number of ether oxygens (including phenoxy) is 1. The highest BCUT2D eigenvalue weighted by atomic mass is 79.9. The molecule has 2 fully saturated rings. The summed E-state index contributed by atoms with van der Waals surface area (Å²) < 4.78 is 20.6. The molecule has 2 aliphatic heterocycles. The number of nitrogens with zero attached hydrogens (tertiary/aromatic N) is 4. The van der Waals surface area contributed by atoms with Gasteiger partial charge in [0.05, 0.1) is 32.2 Å². The molecule has 0 radical (unpaired) electrons. The minimum atomic E-state index is -0.362. The Labute approximate surface area is 386 Å². The molecule has 324 valence electrons. The van der Waals surface area contributed by atoms with Crippen molar-refractivity contribution in [1.82, 2.24) is 18.6 Å². The molecule has 2 unspecified atom stereocenters. The van der Waals surface area contributed by atoms with E-state index >= 15 is 0 Å². The smallest absolute Gasteiger partial charge is 0.330 e. The van der Waals surface area contributed by atoms with Crippen LogP contribution in [-0.2, 0) is 28.0 Å². The van der Waals surface area contributed by atoms with E-state index in [1.807, 2.05) is 48.8 Å². The van der Waals surface area contributed by atoms with Gasteiger partial charge in [0, 0.05) is 82.1 Å². The SMILES string of the molecule is C.CCOC(=O)/C=C/C1=Cc2cc(Cl)ccc2C(C2CCN(SOOC)CC2)c2ncccc21.COOSN1CCC(C2c3ccc(Cl)cc3C=C(Br)c3cccnc32)CC1. The molecule has 4 heterocycles. The predicted octanol–water partition coefficient (Wildman–Crippen LogP) is 12.3. The van der Waals surface area contributed by atoms with Crippen LogP contribution in [0.2, 0.25) is 10.0 Å². The lowest BCUT2D eigenvalue weighted by Gasteiger charge is -2.35. The van der Waals surface area contributed by atoms with Crippen molar-refractivity contribution in [2.45, 2.75) is 51.9 Å². The number of allylic oxidation sites excluding steroid dienone is 2. The maximum Gasteiger partial charge on any atom is 0.330 e. The van der Waals surface area contributed by atoms with E-state index in [4.69, 9.17) is 56.3 Å². The maximum atomic E-state index is 12.0. The van der Waals surface area contributed by atoms with Gasteiger partial charge in [0.15, 0.2) is 0 Å². The summed E-state index contributed by atoms with van der Waals surface area (Å²) in [4.78, 5) is 31.1. The lowest BCUT2D eigenvalue weighted by atomic mass is 9.76. The molecule has 2 saturated heterocycles. The molecule has 10 nitrogen and oxygen atoms in total. The molecular formula is C46H51BrCl2N4O6S2. The lowest BCUT2D eigenvalue weighted by molar-refractivity contribution is -0.164. The number of aromatic nitrogens is 2. The summed E-state index contributed by atoms with van der Waals surface area (Å²) in [6, 6.07) is 20.4. The van der Waals surface area contributed by atoms with Crippen LogP contribution in [0, 0.1) is 11.8 Å². The first-order valence-electron chi connectivity index (χ1n) is 20.0. The number of halogens is 3. The van der Waals surface area contributed by atoms with Crippen LogP contribution in [0.4, 0.5) is 0 Å². The number of pyridine rings is 2. The third-order valence-electron chi connectivity index (χ3n) is 11.2. The standard InChI is InChI=1S/C25H27ClN2O4S.C20H20BrClN2O2S.CH4/c1-3-31-23(29)9-6-18-15-19-16-20(26)7-8-21(19)24(25-22(18)5-4-12-27-25)17-10-13-28(14-11-17)33-32-30-2;1-25-26-27-24-9-6-13(7-10-24)19-16-5-4-15(22)11-14(16)12-18(21)17-3-2-8-23-20(17)19;/h4-9,12,15-17,24H,3,10-11,13-14H2,1-2H3;2-5,8,11-13,19H,6-7,9-10H2,1H3;1H4/b9-6+;;. The third-order valence-corrected chi connectivity index (χ3v) is 13.9. The van der Waals surface area contributed by atoms with Gasteiger partial charge in [-0.1, -0.05) is 70.8 Å². The highest BCUT2D eigenvalue weighted by molar-refractivity contribution is 9.15. The molecule has 2 atom stereocenters. The topological polar surface area (TPSA) is 95.5 Å². The molecule has 2 aromatic carbocycles. The molecule has 4 aromatic rings. The quantitative estimate of drug-likeness (QED) is 0.0358. The van der Waals surface area contributed by atoms with Crippen LogP contribution >= 0.6 is 63.6 Å². The van der Waals surface area contributed by atoms with E-state index in [0.29, 0.717) is 23.5 Å². The van der Waals surface area contributed by atoms with Crippen molar-refractivity contribution in [1.29, 1.82) is 0 Å². The first-order valence-corrected chi connectivity index (χ1v) is 22.9. The molecule has 0 spiro atoms. The Morgan fingerprint density at radius 2 is 1.26 bits per heavy atom. The minimum Gasteiger partial charge on any atom is -0.463 e. The van der Waals surface area contributed by atoms with Gasteiger partial charge in [-0.25, -0.2) is 23.2 Å². The van der Waals surface area contributed by atoms with Crippen LogP contribution in [0.25, 0.3) is 22.2 Å². The van der Waals surface area contributed by atoms with Gasteiger partial charge < -0.3 is 4.74 Å². The van der Waals surface area contributed by atoms with Gasteiger partial charge in [0.25, 0.3) is 0 Å². The van der Waals surface area contributed by atoms with E-state index in [-0.39, 0.29) is 25.2 Å². The Kier molecular flexibility index (Phi) is 17.9. The second-order valence-corrected chi connectivity index (χ2v) is 18.0. The average molecular weight is 971 g/mol. The first kappa shape index (κ1) is 47.4. The highest BCUT2D eigenvalue weighted by Gasteiger charge is 2.36. The van der Waals surface area contributed by atoms with Gasteiger partial charge in [-0.05, 0) is 127 Å². The number of hydrogen-bond donors (Lipinski definition) is 0. The summed E-state index contributed by atoms with van der Waals surface area (Å²) in [5, 5.41) is 1.44. The molecule has 2 aromatic heterocycles. The number of carbonyl (C=O) groups is 1. The second-order valence-electron chi connectivity index (χ2n) is 14.7. The van der Waals surface area contributed by atoms with Crippen LogP contribution in [0.15, 0.2) is 85.2 Å². The van der Waals surface area contributed by atoms with Crippen molar-refractivity contribution in [3.63, 3.8) is 0 Å². The van der Waals surface area contributed by atoms with Crippen molar-refractivity contribution < 1.29 is 28.0 Å². The van der Waals surface area contributed by atoms with Crippen LogP contribution in [0.1, 0.15) is 96.6 Å². The molecule has 0 saturated carbocycles. The summed E-state index contributed by atoms with van der Waals surface area (Å²) in [6.07, 6.45) is 15.4. The van der Waals surface area contributed by atoms with Gasteiger partial charge in [-0.3, -0.25) is 9.97 Å². The van der Waals surface area contributed by atoms with Crippen LogP contribution in [0.3, 0.4) is 0 Å². The van der Waals surface area contributed by atoms with Gasteiger partial charge in [0.2, 0.25) is 0 Å². The fourth-order valence-electron chi connectivity index (χ4n) is 8.59. The number of benzene rings is 2. The molecule has 2 aliphatic carbocycles. The maximum absolute atomic E-state index is 12.0. The molecule has 15 heteroatoms. The van der Waals surface area contributed by atoms with Crippen molar-refractivity contribution >= 4 is 91.8 Å². The van der Waals surface area contributed by atoms with E-state index in [1.165, 1.54) is 55.9 Å². The number of rotatable bonds is 11. The van der Waals surface area contributed by atoms with Crippen LogP contribution in [0.5, 0.6) is 0 Å². The van der Waals surface area contributed by atoms with E-state index in [0.717, 1.165) is 101 Å². The Morgan fingerprint density at radius 1 is 0.770 bits per heavy atom. The van der Waals surface area contributed by atoms with Crippen LogP contribution < -0.4 is 0 Å². The molecule has 0 bridgehead atoms. The molecule has 8 rings (SSSR count). The highest BCUT2D eigenvalue weighted by Crippen LogP contribution is 2.47.